The monoisotopic (exact) mass is 558 g/mol. The van der Waals surface area contributed by atoms with Gasteiger partial charge < -0.3 is 19.5 Å². The number of nitrogens with one attached hydrogen (secondary N) is 1. The molecule has 8 heteroatoms. The van der Waals surface area contributed by atoms with Crippen LogP contribution in [-0.4, -0.2) is 64.5 Å². The Bertz CT molecular complexity index is 695. The van der Waals surface area contributed by atoms with Crippen LogP contribution in [0.25, 0.3) is 0 Å². The molecule has 2 fully saturated rings. The highest BCUT2D eigenvalue weighted by molar-refractivity contribution is 14.0. The summed E-state index contributed by atoms with van der Waals surface area (Å²) >= 11 is 0. The maximum Gasteiger partial charge on any atom is 0.193 e. The zero-order valence-corrected chi connectivity index (χ0v) is 22.3. The van der Waals surface area contributed by atoms with Gasteiger partial charge in [-0.2, -0.15) is 0 Å². The molecule has 0 unspecified atom stereocenters. The number of fused-ring (bicyclic) bond motifs is 1. The van der Waals surface area contributed by atoms with Crippen LogP contribution in [0.2, 0.25) is 0 Å². The summed E-state index contributed by atoms with van der Waals surface area (Å²) in [6.45, 7) is 8.04. The van der Waals surface area contributed by atoms with E-state index in [1.807, 2.05) is 0 Å². The van der Waals surface area contributed by atoms with Crippen molar-refractivity contribution in [1.29, 1.82) is 0 Å². The molecule has 1 saturated heterocycles. The zero-order valence-electron chi connectivity index (χ0n) is 19.9. The number of aliphatic imine (C=N–C) groups is 1. The van der Waals surface area contributed by atoms with Crippen LogP contribution in [0.15, 0.2) is 4.99 Å². The molecule has 1 N–H and O–H groups in total. The van der Waals surface area contributed by atoms with Gasteiger partial charge in [0.25, 0.3) is 0 Å². The minimum absolute atomic E-state index is 0. The van der Waals surface area contributed by atoms with E-state index in [0.717, 1.165) is 89.1 Å². The number of halogens is 1. The van der Waals surface area contributed by atoms with E-state index in [1.54, 1.807) is 0 Å². The number of rotatable bonds is 8. The third-order valence-electron chi connectivity index (χ3n) is 7.12. The second-order valence-electron chi connectivity index (χ2n) is 9.50. The van der Waals surface area contributed by atoms with Gasteiger partial charge in [0.05, 0.1) is 6.10 Å². The molecule has 0 amide bonds. The smallest absolute Gasteiger partial charge is 0.193 e. The molecule has 0 radical (unpaired) electrons. The van der Waals surface area contributed by atoms with Crippen molar-refractivity contribution in [3.05, 3.63) is 11.6 Å². The minimum Gasteiger partial charge on any atom is -0.378 e. The molecule has 2 aliphatic heterocycles. The lowest BCUT2D eigenvalue weighted by molar-refractivity contribution is 0.00102. The molecule has 1 saturated carbocycles. The van der Waals surface area contributed by atoms with Gasteiger partial charge in [0.2, 0.25) is 0 Å². The number of piperidine rings is 1. The van der Waals surface area contributed by atoms with Crippen molar-refractivity contribution in [3.63, 3.8) is 0 Å². The maximum atomic E-state index is 6.25. The fourth-order valence-corrected chi connectivity index (χ4v) is 5.26. The lowest BCUT2D eigenvalue weighted by Crippen LogP contribution is -2.47. The molecule has 1 aromatic heterocycles. The first-order valence-electron chi connectivity index (χ1n) is 12.9. The standard InChI is InChI=1S/C24H42N6O.HI/c1-2-25-24(29-17-13-21(14-18-29)31-19-20-9-5-6-10-20)26-15-8-12-23-28-27-22-11-4-3-7-16-30(22)23;/h20-21H,2-19H2,1H3,(H,25,26);1H. The van der Waals surface area contributed by atoms with E-state index in [9.17, 15) is 0 Å². The second kappa shape index (κ2) is 13.7. The number of hydrogen-bond acceptors (Lipinski definition) is 4. The molecular formula is C24H43IN6O. The number of aryl methyl sites for hydroxylation is 2. The van der Waals surface area contributed by atoms with Gasteiger partial charge in [-0.1, -0.05) is 19.3 Å². The summed E-state index contributed by atoms with van der Waals surface area (Å²) in [5.74, 6) is 4.22. The van der Waals surface area contributed by atoms with Crippen LogP contribution in [0.5, 0.6) is 0 Å². The Morgan fingerprint density at radius 1 is 1.03 bits per heavy atom. The van der Waals surface area contributed by atoms with Crippen molar-refractivity contribution in [2.24, 2.45) is 10.9 Å². The van der Waals surface area contributed by atoms with Crippen LogP contribution >= 0.6 is 24.0 Å². The summed E-state index contributed by atoms with van der Waals surface area (Å²) < 4.78 is 8.61. The molecule has 3 aliphatic rings. The Balaban J connectivity index is 0.00000289. The minimum atomic E-state index is 0. The van der Waals surface area contributed by atoms with Crippen molar-refractivity contribution in [2.75, 3.05) is 32.8 Å². The average Bonchev–Trinajstić information content (AvgIpc) is 3.39. The summed E-state index contributed by atoms with van der Waals surface area (Å²) in [6, 6.07) is 0. The highest BCUT2D eigenvalue weighted by Crippen LogP contribution is 2.26. The van der Waals surface area contributed by atoms with E-state index < -0.39 is 0 Å². The molecular weight excluding hydrogens is 515 g/mol. The fraction of sp³-hybridized carbons (Fsp3) is 0.875. The Hall–Kier alpha value is -0.900. The second-order valence-corrected chi connectivity index (χ2v) is 9.50. The quantitative estimate of drug-likeness (QED) is 0.224. The van der Waals surface area contributed by atoms with Crippen molar-refractivity contribution in [1.82, 2.24) is 25.0 Å². The van der Waals surface area contributed by atoms with Gasteiger partial charge in [0.15, 0.2) is 5.96 Å². The van der Waals surface area contributed by atoms with E-state index in [4.69, 9.17) is 9.73 Å². The topological polar surface area (TPSA) is 67.6 Å². The zero-order chi connectivity index (χ0) is 21.3. The molecule has 32 heavy (non-hydrogen) atoms. The lowest BCUT2D eigenvalue weighted by atomic mass is 10.1. The molecule has 4 rings (SSSR count). The van der Waals surface area contributed by atoms with Crippen LogP contribution in [-0.2, 0) is 24.1 Å². The summed E-state index contributed by atoms with van der Waals surface area (Å²) in [4.78, 5) is 7.35. The summed E-state index contributed by atoms with van der Waals surface area (Å²) in [7, 11) is 0. The number of likely N-dealkylation sites (tertiary alicyclic amines) is 1. The van der Waals surface area contributed by atoms with Crippen LogP contribution < -0.4 is 5.32 Å². The SMILES string of the molecule is CCNC(=NCCCc1nnc2n1CCCCC2)N1CCC(OCC2CCCC2)CC1.I. The fourth-order valence-electron chi connectivity index (χ4n) is 5.26. The van der Waals surface area contributed by atoms with Crippen molar-refractivity contribution in [3.8, 4) is 0 Å². The van der Waals surface area contributed by atoms with Gasteiger partial charge in [-0.25, -0.2) is 0 Å². The van der Waals surface area contributed by atoms with Crippen molar-refractivity contribution < 1.29 is 4.74 Å². The third-order valence-corrected chi connectivity index (χ3v) is 7.12. The van der Waals surface area contributed by atoms with Gasteiger partial charge in [0.1, 0.15) is 11.6 Å². The van der Waals surface area contributed by atoms with Crippen LogP contribution in [0.3, 0.4) is 0 Å². The van der Waals surface area contributed by atoms with Gasteiger partial charge in [-0.3, -0.25) is 4.99 Å². The Kier molecular flexibility index (Phi) is 11.0. The van der Waals surface area contributed by atoms with Crippen LogP contribution in [0.1, 0.15) is 82.8 Å². The van der Waals surface area contributed by atoms with Gasteiger partial charge >= 0.3 is 0 Å². The van der Waals surface area contributed by atoms with E-state index in [-0.39, 0.29) is 24.0 Å². The van der Waals surface area contributed by atoms with Gasteiger partial charge in [0, 0.05) is 52.2 Å². The van der Waals surface area contributed by atoms with Gasteiger partial charge in [-0.05, 0) is 57.8 Å². The summed E-state index contributed by atoms with van der Waals surface area (Å²) in [5.41, 5.74) is 0. The first kappa shape index (κ1) is 25.7. The normalized spacial score (nSPS) is 20.7. The maximum absolute atomic E-state index is 6.25. The Morgan fingerprint density at radius 2 is 1.84 bits per heavy atom. The highest BCUT2D eigenvalue weighted by atomic mass is 127. The molecule has 3 heterocycles. The first-order chi connectivity index (χ1) is 15.3. The predicted molar refractivity (Wildman–Crippen MR) is 140 cm³/mol. The van der Waals surface area contributed by atoms with Gasteiger partial charge in [-0.15, -0.1) is 34.2 Å². The van der Waals surface area contributed by atoms with Crippen LogP contribution in [0.4, 0.5) is 0 Å². The highest BCUT2D eigenvalue weighted by Gasteiger charge is 2.24. The number of ether oxygens (including phenoxy) is 1. The third kappa shape index (κ3) is 7.30. The van der Waals surface area contributed by atoms with Crippen LogP contribution in [0, 0.1) is 5.92 Å². The lowest BCUT2D eigenvalue weighted by Gasteiger charge is -2.34. The van der Waals surface area contributed by atoms with E-state index in [2.05, 4.69) is 31.9 Å². The summed E-state index contributed by atoms with van der Waals surface area (Å²) in [5, 5.41) is 12.4. The van der Waals surface area contributed by atoms with Crippen molar-refractivity contribution >= 4 is 29.9 Å². The molecule has 0 atom stereocenters. The largest absolute Gasteiger partial charge is 0.378 e. The Morgan fingerprint density at radius 3 is 2.62 bits per heavy atom. The molecule has 0 bridgehead atoms. The summed E-state index contributed by atoms with van der Waals surface area (Å²) in [6.07, 6.45) is 15.1. The molecule has 0 aromatic carbocycles. The average molecular weight is 559 g/mol. The Labute approximate surface area is 211 Å². The molecule has 1 aromatic rings. The number of nitrogens with zero attached hydrogens (tertiary/aromatic N) is 5. The molecule has 0 spiro atoms. The number of hydrogen-bond donors (Lipinski definition) is 1. The molecule has 182 valence electrons. The number of aromatic nitrogens is 3. The first-order valence-corrected chi connectivity index (χ1v) is 12.9. The molecule has 1 aliphatic carbocycles. The van der Waals surface area contributed by atoms with E-state index >= 15 is 0 Å². The number of guanidine groups is 1. The van der Waals surface area contributed by atoms with Crippen molar-refractivity contribution in [2.45, 2.75) is 96.6 Å². The van der Waals surface area contributed by atoms with E-state index in [1.165, 1.54) is 50.8 Å². The van der Waals surface area contributed by atoms with E-state index in [0.29, 0.717) is 6.10 Å². The molecule has 7 nitrogen and oxygen atoms in total. The predicted octanol–water partition coefficient (Wildman–Crippen LogP) is 4.19.